The van der Waals surface area contributed by atoms with Crippen LogP contribution in [0.5, 0.6) is 0 Å². The molecule has 1 aliphatic rings. The van der Waals surface area contributed by atoms with Crippen LogP contribution >= 0.6 is 0 Å². The summed E-state index contributed by atoms with van der Waals surface area (Å²) in [5.74, 6) is -0.433. The van der Waals surface area contributed by atoms with Gasteiger partial charge in [0.2, 0.25) is 11.8 Å². The van der Waals surface area contributed by atoms with Crippen molar-refractivity contribution in [2.75, 3.05) is 7.05 Å². The number of benzene rings is 1. The maximum absolute atomic E-state index is 11.9. The monoisotopic (exact) mass is 291 g/mol. The highest BCUT2D eigenvalue weighted by Gasteiger charge is 2.31. The topological polar surface area (TPSA) is 92.6 Å². The standard InChI is InChI=1S/C14H17N3O4/c1-9-3-4-10(7-12(9)17(20)21)8-15-11-5-6-13(18)16(2)14(11)19/h3-4,7,11,15H,5-6,8H2,1-2H3. The minimum Gasteiger partial charge on any atom is -0.302 e. The van der Waals surface area contributed by atoms with Crippen molar-refractivity contribution < 1.29 is 14.5 Å². The Labute approximate surface area is 122 Å². The first-order valence-corrected chi connectivity index (χ1v) is 6.68. The van der Waals surface area contributed by atoms with Gasteiger partial charge in [0.25, 0.3) is 5.69 Å². The van der Waals surface area contributed by atoms with Crippen molar-refractivity contribution in [3.63, 3.8) is 0 Å². The van der Waals surface area contributed by atoms with Crippen molar-refractivity contribution in [3.8, 4) is 0 Å². The number of amides is 2. The zero-order valence-electron chi connectivity index (χ0n) is 12.0. The molecule has 1 aromatic carbocycles. The molecule has 1 heterocycles. The van der Waals surface area contributed by atoms with Crippen LogP contribution in [0.3, 0.4) is 0 Å². The normalized spacial score (nSPS) is 19.0. The van der Waals surface area contributed by atoms with Gasteiger partial charge in [-0.3, -0.25) is 24.6 Å². The number of nitro benzene ring substituents is 1. The smallest absolute Gasteiger partial charge is 0.272 e. The average molecular weight is 291 g/mol. The van der Waals surface area contributed by atoms with E-state index in [0.29, 0.717) is 24.9 Å². The quantitative estimate of drug-likeness (QED) is 0.510. The van der Waals surface area contributed by atoms with Gasteiger partial charge in [-0.15, -0.1) is 0 Å². The molecule has 0 spiro atoms. The second-order valence-electron chi connectivity index (χ2n) is 5.14. The number of aryl methyl sites for hydroxylation is 1. The Morgan fingerprint density at radius 3 is 2.81 bits per heavy atom. The number of hydrogen-bond donors (Lipinski definition) is 1. The summed E-state index contributed by atoms with van der Waals surface area (Å²) in [5, 5.41) is 14.0. The summed E-state index contributed by atoms with van der Waals surface area (Å²) in [6.45, 7) is 2.03. The Morgan fingerprint density at radius 1 is 1.43 bits per heavy atom. The van der Waals surface area contributed by atoms with Gasteiger partial charge in [0.05, 0.1) is 11.0 Å². The lowest BCUT2D eigenvalue weighted by molar-refractivity contribution is -0.385. The first kappa shape index (κ1) is 15.1. The number of carbonyl (C=O) groups excluding carboxylic acids is 2. The summed E-state index contributed by atoms with van der Waals surface area (Å²) in [6.07, 6.45) is 0.782. The molecule has 1 aliphatic heterocycles. The molecule has 2 amide bonds. The molecule has 7 nitrogen and oxygen atoms in total. The number of carbonyl (C=O) groups is 2. The lowest BCUT2D eigenvalue weighted by Gasteiger charge is -2.28. The summed E-state index contributed by atoms with van der Waals surface area (Å²) < 4.78 is 0. The van der Waals surface area contributed by atoms with Gasteiger partial charge in [-0.25, -0.2) is 0 Å². The number of likely N-dealkylation sites (tertiary alicyclic amines) is 1. The molecular weight excluding hydrogens is 274 g/mol. The van der Waals surface area contributed by atoms with Crippen LogP contribution in [-0.2, 0) is 16.1 Å². The van der Waals surface area contributed by atoms with Crippen molar-refractivity contribution in [2.24, 2.45) is 0 Å². The lowest BCUT2D eigenvalue weighted by atomic mass is 10.0. The fraction of sp³-hybridized carbons (Fsp3) is 0.429. The molecule has 0 saturated carbocycles. The van der Waals surface area contributed by atoms with E-state index in [9.17, 15) is 19.7 Å². The summed E-state index contributed by atoms with van der Waals surface area (Å²) in [7, 11) is 1.47. The molecule has 21 heavy (non-hydrogen) atoms. The first-order valence-electron chi connectivity index (χ1n) is 6.68. The summed E-state index contributed by atoms with van der Waals surface area (Å²) in [5.41, 5.74) is 1.40. The molecule has 0 radical (unpaired) electrons. The molecule has 0 aromatic heterocycles. The fourth-order valence-electron chi connectivity index (χ4n) is 2.31. The molecule has 7 heteroatoms. The van der Waals surface area contributed by atoms with Crippen molar-refractivity contribution in [1.29, 1.82) is 0 Å². The number of rotatable bonds is 4. The van der Waals surface area contributed by atoms with Crippen LogP contribution in [0.25, 0.3) is 0 Å². The highest BCUT2D eigenvalue weighted by atomic mass is 16.6. The van der Waals surface area contributed by atoms with E-state index in [4.69, 9.17) is 0 Å². The van der Waals surface area contributed by atoms with Gasteiger partial charge in [0.15, 0.2) is 0 Å². The van der Waals surface area contributed by atoms with E-state index >= 15 is 0 Å². The van der Waals surface area contributed by atoms with Crippen molar-refractivity contribution >= 4 is 17.5 Å². The summed E-state index contributed by atoms with van der Waals surface area (Å²) in [6, 6.07) is 4.56. The van der Waals surface area contributed by atoms with Gasteiger partial charge in [-0.1, -0.05) is 12.1 Å². The third-order valence-corrected chi connectivity index (χ3v) is 3.67. The zero-order valence-corrected chi connectivity index (χ0v) is 12.0. The summed E-state index contributed by atoms with van der Waals surface area (Å²) >= 11 is 0. The van der Waals surface area contributed by atoms with Gasteiger partial charge < -0.3 is 5.32 Å². The van der Waals surface area contributed by atoms with E-state index in [0.717, 1.165) is 10.5 Å². The molecule has 1 saturated heterocycles. The molecule has 1 atom stereocenters. The van der Waals surface area contributed by atoms with Gasteiger partial charge in [0.1, 0.15) is 0 Å². The SMILES string of the molecule is Cc1ccc(CNC2CCC(=O)N(C)C2=O)cc1[N+](=O)[O-]. The van der Waals surface area contributed by atoms with Crippen molar-refractivity contribution in [2.45, 2.75) is 32.4 Å². The van der Waals surface area contributed by atoms with E-state index in [-0.39, 0.29) is 17.5 Å². The van der Waals surface area contributed by atoms with Gasteiger partial charge in [-0.05, 0) is 18.9 Å². The van der Waals surface area contributed by atoms with Crippen LogP contribution in [0.4, 0.5) is 5.69 Å². The number of hydrogen-bond acceptors (Lipinski definition) is 5. The summed E-state index contributed by atoms with van der Waals surface area (Å²) in [4.78, 5) is 34.9. The Bertz CT molecular complexity index is 600. The predicted octanol–water partition coefficient (Wildman–Crippen LogP) is 1.14. The van der Waals surface area contributed by atoms with E-state index < -0.39 is 11.0 Å². The Kier molecular flexibility index (Phi) is 4.32. The molecule has 0 aliphatic carbocycles. The molecule has 1 unspecified atom stereocenters. The zero-order chi connectivity index (χ0) is 15.6. The number of nitrogens with zero attached hydrogens (tertiary/aromatic N) is 2. The average Bonchev–Trinajstić information content (AvgIpc) is 2.45. The molecule has 1 aromatic rings. The van der Waals surface area contributed by atoms with E-state index in [1.54, 1.807) is 19.1 Å². The van der Waals surface area contributed by atoms with Crippen LogP contribution in [0.1, 0.15) is 24.0 Å². The largest absolute Gasteiger partial charge is 0.302 e. The first-order chi connectivity index (χ1) is 9.90. The molecule has 1 N–H and O–H groups in total. The van der Waals surface area contributed by atoms with E-state index in [1.165, 1.54) is 13.1 Å². The second kappa shape index (κ2) is 6.01. The second-order valence-corrected chi connectivity index (χ2v) is 5.14. The molecule has 0 bridgehead atoms. The Hall–Kier alpha value is -2.28. The number of nitro groups is 1. The number of nitrogens with one attached hydrogen (secondary N) is 1. The van der Waals surface area contributed by atoms with Gasteiger partial charge >= 0.3 is 0 Å². The van der Waals surface area contributed by atoms with Gasteiger partial charge in [-0.2, -0.15) is 0 Å². The van der Waals surface area contributed by atoms with Gasteiger partial charge in [0, 0.05) is 31.6 Å². The minimum absolute atomic E-state index is 0.0663. The highest BCUT2D eigenvalue weighted by molar-refractivity contribution is 6.00. The molecular formula is C14H17N3O4. The highest BCUT2D eigenvalue weighted by Crippen LogP contribution is 2.19. The minimum atomic E-state index is -0.423. The number of imide groups is 1. The van der Waals surface area contributed by atoms with Crippen LogP contribution in [0.2, 0.25) is 0 Å². The van der Waals surface area contributed by atoms with E-state index in [2.05, 4.69) is 5.32 Å². The van der Waals surface area contributed by atoms with Crippen molar-refractivity contribution in [3.05, 3.63) is 39.4 Å². The Balaban J connectivity index is 2.03. The lowest BCUT2D eigenvalue weighted by Crippen LogP contribution is -2.51. The van der Waals surface area contributed by atoms with Crippen LogP contribution in [-0.4, -0.2) is 34.7 Å². The molecule has 112 valence electrons. The van der Waals surface area contributed by atoms with Crippen LogP contribution in [0, 0.1) is 17.0 Å². The van der Waals surface area contributed by atoms with E-state index in [1.807, 2.05) is 0 Å². The molecule has 1 fully saturated rings. The van der Waals surface area contributed by atoms with Crippen LogP contribution < -0.4 is 5.32 Å². The maximum Gasteiger partial charge on any atom is 0.272 e. The third-order valence-electron chi connectivity index (χ3n) is 3.67. The Morgan fingerprint density at radius 2 is 2.14 bits per heavy atom. The number of piperidine rings is 1. The predicted molar refractivity (Wildman–Crippen MR) is 75.5 cm³/mol. The van der Waals surface area contributed by atoms with Crippen molar-refractivity contribution in [1.82, 2.24) is 10.2 Å². The fourth-order valence-corrected chi connectivity index (χ4v) is 2.31. The molecule has 2 rings (SSSR count). The van der Waals surface area contributed by atoms with Crippen LogP contribution in [0.15, 0.2) is 18.2 Å². The maximum atomic E-state index is 11.9. The third kappa shape index (κ3) is 3.25. The number of likely N-dealkylation sites (N-methyl/N-ethyl adjacent to an activating group) is 1.